The van der Waals surface area contributed by atoms with Crippen LogP contribution in [0.1, 0.15) is 39.5 Å². The van der Waals surface area contributed by atoms with Gasteiger partial charge in [0.15, 0.2) is 5.82 Å². The summed E-state index contributed by atoms with van der Waals surface area (Å²) in [4.78, 5) is 21.9. The molecule has 0 bridgehead atoms. The van der Waals surface area contributed by atoms with Crippen molar-refractivity contribution in [1.82, 2.24) is 20.2 Å². The number of aryl methyl sites for hydroxylation is 2. The molecule has 3 rings (SSSR count). The van der Waals surface area contributed by atoms with Crippen LogP contribution in [0.25, 0.3) is 11.4 Å². The molecule has 7 nitrogen and oxygen atoms in total. The first-order valence-corrected chi connectivity index (χ1v) is 8.91. The molecule has 25 heavy (non-hydrogen) atoms. The molecular weight excluding hydrogens is 336 g/mol. The van der Waals surface area contributed by atoms with Gasteiger partial charge in [-0.1, -0.05) is 6.92 Å². The number of aromatic nitrogens is 4. The van der Waals surface area contributed by atoms with Gasteiger partial charge >= 0.3 is 0 Å². The van der Waals surface area contributed by atoms with Gasteiger partial charge < -0.3 is 11.1 Å². The van der Waals surface area contributed by atoms with E-state index in [0.29, 0.717) is 28.8 Å². The first-order chi connectivity index (χ1) is 12.1. The van der Waals surface area contributed by atoms with Crippen molar-refractivity contribution in [2.24, 2.45) is 5.73 Å². The number of nitrogens with one attached hydrogen (secondary N) is 2. The molecular formula is C17H20N6OS. The Balaban J connectivity index is 1.71. The molecule has 1 aromatic carbocycles. The van der Waals surface area contributed by atoms with Crippen molar-refractivity contribution in [3.63, 3.8) is 0 Å². The molecule has 0 radical (unpaired) electrons. The number of anilines is 1. The highest BCUT2D eigenvalue weighted by Gasteiger charge is 2.15. The SMILES string of the molecule is CCCc1nc(C)c(C(=O)Nc2ccc(-c3n[nH]c(CN)n3)cc2)s1. The number of hydrogen-bond acceptors (Lipinski definition) is 6. The Morgan fingerprint density at radius 1 is 1.28 bits per heavy atom. The summed E-state index contributed by atoms with van der Waals surface area (Å²) in [5.41, 5.74) is 7.87. The van der Waals surface area contributed by atoms with Crippen LogP contribution in [-0.4, -0.2) is 26.1 Å². The molecule has 0 spiro atoms. The molecule has 8 heteroatoms. The van der Waals surface area contributed by atoms with Gasteiger partial charge in [0, 0.05) is 11.3 Å². The van der Waals surface area contributed by atoms with Gasteiger partial charge in [0.25, 0.3) is 5.91 Å². The fourth-order valence-corrected chi connectivity index (χ4v) is 3.45. The van der Waals surface area contributed by atoms with E-state index in [2.05, 4.69) is 32.4 Å². The fraction of sp³-hybridized carbons (Fsp3) is 0.294. The van der Waals surface area contributed by atoms with Crippen LogP contribution in [0.2, 0.25) is 0 Å². The number of aromatic amines is 1. The number of nitrogens with zero attached hydrogens (tertiary/aromatic N) is 3. The zero-order valence-electron chi connectivity index (χ0n) is 14.2. The molecule has 130 valence electrons. The van der Waals surface area contributed by atoms with Crippen molar-refractivity contribution in [2.45, 2.75) is 33.2 Å². The lowest BCUT2D eigenvalue weighted by molar-refractivity contribution is 0.103. The Morgan fingerprint density at radius 3 is 2.68 bits per heavy atom. The molecule has 0 saturated carbocycles. The second kappa shape index (κ2) is 7.54. The predicted octanol–water partition coefficient (Wildman–Crippen LogP) is 2.90. The molecule has 0 aliphatic heterocycles. The van der Waals surface area contributed by atoms with Crippen LogP contribution in [0.15, 0.2) is 24.3 Å². The van der Waals surface area contributed by atoms with Crippen LogP contribution in [0, 0.1) is 6.92 Å². The Labute approximate surface area is 149 Å². The van der Waals surface area contributed by atoms with Gasteiger partial charge in [0.05, 0.1) is 17.2 Å². The topological polar surface area (TPSA) is 110 Å². The first kappa shape index (κ1) is 17.2. The third-order valence-electron chi connectivity index (χ3n) is 3.64. The number of rotatable bonds is 6. The zero-order valence-corrected chi connectivity index (χ0v) is 15.0. The molecule has 1 amide bonds. The molecule has 0 aliphatic rings. The maximum Gasteiger partial charge on any atom is 0.267 e. The second-order valence-corrected chi connectivity index (χ2v) is 6.70. The van der Waals surface area contributed by atoms with Gasteiger partial charge in [-0.2, -0.15) is 5.10 Å². The summed E-state index contributed by atoms with van der Waals surface area (Å²) in [7, 11) is 0. The van der Waals surface area contributed by atoms with Gasteiger partial charge in [0.2, 0.25) is 0 Å². The number of carbonyl (C=O) groups excluding carboxylic acids is 1. The molecule has 4 N–H and O–H groups in total. The van der Waals surface area contributed by atoms with Gasteiger partial charge in [-0.3, -0.25) is 9.89 Å². The lowest BCUT2D eigenvalue weighted by Crippen LogP contribution is -2.11. The molecule has 2 aromatic heterocycles. The van der Waals surface area contributed by atoms with E-state index in [9.17, 15) is 4.79 Å². The third kappa shape index (κ3) is 3.92. The zero-order chi connectivity index (χ0) is 17.8. The van der Waals surface area contributed by atoms with Gasteiger partial charge in [-0.05, 0) is 44.0 Å². The number of H-pyrrole nitrogens is 1. The number of carbonyl (C=O) groups is 1. The van der Waals surface area contributed by atoms with E-state index in [0.717, 1.165) is 29.1 Å². The molecule has 2 heterocycles. The van der Waals surface area contributed by atoms with Crippen molar-refractivity contribution in [1.29, 1.82) is 0 Å². The third-order valence-corrected chi connectivity index (χ3v) is 4.85. The van der Waals surface area contributed by atoms with Gasteiger partial charge in [-0.25, -0.2) is 9.97 Å². The van der Waals surface area contributed by atoms with Gasteiger partial charge in [-0.15, -0.1) is 11.3 Å². The monoisotopic (exact) mass is 356 g/mol. The van der Waals surface area contributed by atoms with E-state index >= 15 is 0 Å². The minimum Gasteiger partial charge on any atom is -0.324 e. The molecule has 3 aromatic rings. The normalized spacial score (nSPS) is 10.8. The van der Waals surface area contributed by atoms with E-state index in [1.807, 2.05) is 31.2 Å². The maximum absolute atomic E-state index is 12.5. The van der Waals surface area contributed by atoms with Crippen molar-refractivity contribution in [3.05, 3.63) is 45.7 Å². The van der Waals surface area contributed by atoms with Crippen LogP contribution in [-0.2, 0) is 13.0 Å². The van der Waals surface area contributed by atoms with Crippen LogP contribution in [0.4, 0.5) is 5.69 Å². The summed E-state index contributed by atoms with van der Waals surface area (Å²) in [5.74, 6) is 1.09. The Hall–Kier alpha value is -2.58. The van der Waals surface area contributed by atoms with Crippen LogP contribution in [0.5, 0.6) is 0 Å². The second-order valence-electron chi connectivity index (χ2n) is 5.61. The quantitative estimate of drug-likeness (QED) is 0.629. The standard InChI is InChI=1S/C17H20N6OS/c1-3-4-14-19-10(2)15(25-14)17(24)20-12-7-5-11(6-8-12)16-21-13(9-18)22-23-16/h5-8H,3-4,9,18H2,1-2H3,(H,20,24)(H,21,22,23). The highest BCUT2D eigenvalue weighted by molar-refractivity contribution is 7.13. The van der Waals surface area contributed by atoms with Crippen LogP contribution >= 0.6 is 11.3 Å². The smallest absolute Gasteiger partial charge is 0.267 e. The summed E-state index contributed by atoms with van der Waals surface area (Å²) in [6.45, 7) is 4.28. The number of amides is 1. The van der Waals surface area contributed by atoms with Crippen molar-refractivity contribution >= 4 is 22.9 Å². The van der Waals surface area contributed by atoms with E-state index in [1.165, 1.54) is 11.3 Å². The summed E-state index contributed by atoms with van der Waals surface area (Å²) >= 11 is 1.46. The van der Waals surface area contributed by atoms with Gasteiger partial charge in [0.1, 0.15) is 10.7 Å². The van der Waals surface area contributed by atoms with E-state index in [4.69, 9.17) is 5.73 Å². The Morgan fingerprint density at radius 2 is 2.04 bits per heavy atom. The van der Waals surface area contributed by atoms with E-state index < -0.39 is 0 Å². The Bertz CT molecular complexity index is 868. The highest BCUT2D eigenvalue weighted by Crippen LogP contribution is 2.22. The average Bonchev–Trinajstić information content (AvgIpc) is 3.22. The molecule has 0 atom stereocenters. The summed E-state index contributed by atoms with van der Waals surface area (Å²) in [6, 6.07) is 7.38. The van der Waals surface area contributed by atoms with Crippen LogP contribution in [0.3, 0.4) is 0 Å². The lowest BCUT2D eigenvalue weighted by Gasteiger charge is -2.04. The largest absolute Gasteiger partial charge is 0.324 e. The van der Waals surface area contributed by atoms with Crippen molar-refractivity contribution < 1.29 is 4.79 Å². The summed E-state index contributed by atoms with van der Waals surface area (Å²) < 4.78 is 0. The van der Waals surface area contributed by atoms with E-state index in [1.54, 1.807) is 0 Å². The molecule has 0 fully saturated rings. The average molecular weight is 356 g/mol. The maximum atomic E-state index is 12.5. The van der Waals surface area contributed by atoms with Crippen LogP contribution < -0.4 is 11.1 Å². The summed E-state index contributed by atoms with van der Waals surface area (Å²) in [5, 5.41) is 10.8. The molecule has 0 aliphatic carbocycles. The number of hydrogen-bond donors (Lipinski definition) is 3. The highest BCUT2D eigenvalue weighted by atomic mass is 32.1. The lowest BCUT2D eigenvalue weighted by atomic mass is 10.2. The minimum absolute atomic E-state index is 0.131. The number of benzene rings is 1. The minimum atomic E-state index is -0.131. The van der Waals surface area contributed by atoms with E-state index in [-0.39, 0.29) is 5.91 Å². The predicted molar refractivity (Wildman–Crippen MR) is 98.5 cm³/mol. The number of thiazole rings is 1. The first-order valence-electron chi connectivity index (χ1n) is 8.10. The fourth-order valence-electron chi connectivity index (χ4n) is 2.39. The molecule has 0 saturated heterocycles. The van der Waals surface area contributed by atoms with Crippen molar-refractivity contribution in [3.8, 4) is 11.4 Å². The molecule has 0 unspecified atom stereocenters. The number of nitrogens with two attached hydrogens (primary N) is 1. The van der Waals surface area contributed by atoms with Crippen molar-refractivity contribution in [2.75, 3.05) is 5.32 Å². The summed E-state index contributed by atoms with van der Waals surface area (Å²) in [6.07, 6.45) is 1.91. The Kier molecular flexibility index (Phi) is 5.20.